The van der Waals surface area contributed by atoms with E-state index in [9.17, 15) is 9.90 Å². The summed E-state index contributed by atoms with van der Waals surface area (Å²) in [6, 6.07) is 7.53. The summed E-state index contributed by atoms with van der Waals surface area (Å²) in [5.74, 6) is -1.21. The maximum absolute atomic E-state index is 11.3. The number of likely N-dealkylation sites (tertiary alicyclic amines) is 1. The van der Waals surface area contributed by atoms with Crippen LogP contribution in [0.2, 0.25) is 0 Å². The van der Waals surface area contributed by atoms with E-state index in [-0.39, 0.29) is 5.76 Å². The van der Waals surface area contributed by atoms with Gasteiger partial charge in [0.25, 0.3) is 0 Å². The number of hydrogen-bond donors (Lipinski definition) is 1. The second-order valence-corrected chi connectivity index (χ2v) is 5.89. The van der Waals surface area contributed by atoms with Crippen LogP contribution in [0.25, 0.3) is 11.0 Å². The zero-order chi connectivity index (χ0) is 14.7. The van der Waals surface area contributed by atoms with Gasteiger partial charge in [0.2, 0.25) is 0 Å². The molecule has 2 heterocycles. The second kappa shape index (κ2) is 6.31. The van der Waals surface area contributed by atoms with E-state index in [1.165, 1.54) is 37.0 Å². The molecule has 0 aliphatic carbocycles. The Bertz CT molecular complexity index is 624. The van der Waals surface area contributed by atoms with Crippen LogP contribution in [0.1, 0.15) is 48.2 Å². The fraction of sp³-hybridized carbons (Fsp3) is 0.471. The molecule has 0 atom stereocenters. The smallest absolute Gasteiger partial charge is 0.159 e. The van der Waals surface area contributed by atoms with Crippen LogP contribution in [0.15, 0.2) is 28.7 Å². The molecule has 1 aliphatic heterocycles. The lowest BCUT2D eigenvalue weighted by molar-refractivity contribution is -0.914. The molecule has 3 rings (SSSR count). The van der Waals surface area contributed by atoms with Gasteiger partial charge >= 0.3 is 0 Å². The maximum atomic E-state index is 11.3. The first-order valence-electron chi connectivity index (χ1n) is 7.81. The van der Waals surface area contributed by atoms with Gasteiger partial charge in [0.05, 0.1) is 18.7 Å². The number of benzene rings is 1. The van der Waals surface area contributed by atoms with E-state index in [1.54, 1.807) is 0 Å². The molecule has 0 spiro atoms. The Morgan fingerprint density at radius 1 is 1.10 bits per heavy atom. The second-order valence-electron chi connectivity index (χ2n) is 5.89. The third-order valence-electron chi connectivity index (χ3n) is 4.37. The number of hydrogen-bond acceptors (Lipinski definition) is 3. The Hall–Kier alpha value is -1.81. The number of carbonyl (C=O) groups excluding carboxylic acids is 1. The number of para-hydroxylation sites is 1. The van der Waals surface area contributed by atoms with Crippen molar-refractivity contribution in [1.82, 2.24) is 0 Å². The van der Waals surface area contributed by atoms with Gasteiger partial charge in [0, 0.05) is 5.39 Å². The van der Waals surface area contributed by atoms with Crippen LogP contribution in [0.4, 0.5) is 0 Å². The molecule has 2 aromatic rings. The van der Waals surface area contributed by atoms with Crippen LogP contribution in [0.3, 0.4) is 0 Å². The zero-order valence-electron chi connectivity index (χ0n) is 12.2. The lowest BCUT2D eigenvalue weighted by atomic mass is 10.1. The van der Waals surface area contributed by atoms with Gasteiger partial charge in [0.15, 0.2) is 5.76 Å². The molecule has 0 radical (unpaired) electrons. The highest BCUT2D eigenvalue weighted by atomic mass is 16.4. The molecule has 0 amide bonds. The van der Waals surface area contributed by atoms with Crippen LogP contribution in [-0.2, 0) is 6.54 Å². The topological polar surface area (TPSA) is 57.7 Å². The Balaban J connectivity index is 1.90. The van der Waals surface area contributed by atoms with Gasteiger partial charge in [-0.15, -0.1) is 0 Å². The van der Waals surface area contributed by atoms with E-state index in [2.05, 4.69) is 0 Å². The average Bonchev–Trinajstić information content (AvgIpc) is 2.81. The average molecular weight is 287 g/mol. The Morgan fingerprint density at radius 2 is 1.76 bits per heavy atom. The van der Waals surface area contributed by atoms with Crippen molar-refractivity contribution in [2.45, 2.75) is 38.6 Å². The number of carboxylic acid groups (broad SMARTS) is 1. The standard InChI is InChI=1S/C17H21NO3/c19-17(20)16-14(13-8-4-5-9-15(13)21-16)12-18-10-6-2-1-3-7-11-18/h4-5,8-9H,1-3,6-7,10-12H2,(H,19,20). The number of nitrogens with one attached hydrogen (secondary N) is 1. The highest BCUT2D eigenvalue weighted by Gasteiger charge is 2.20. The molecule has 1 saturated heterocycles. The molecule has 1 fully saturated rings. The number of fused-ring (bicyclic) bond motifs is 1. The summed E-state index contributed by atoms with van der Waals surface area (Å²) >= 11 is 0. The van der Waals surface area contributed by atoms with Crippen LogP contribution >= 0.6 is 0 Å². The molecular formula is C17H21NO3. The third kappa shape index (κ3) is 3.10. The van der Waals surface area contributed by atoms with Crippen molar-refractivity contribution in [2.24, 2.45) is 0 Å². The van der Waals surface area contributed by atoms with E-state index in [0.29, 0.717) is 12.1 Å². The van der Waals surface area contributed by atoms with Gasteiger partial charge in [-0.05, 0) is 31.7 Å². The minimum Gasteiger partial charge on any atom is -0.542 e. The number of carboxylic acids is 1. The minimum absolute atomic E-state index is 0.00533. The number of aromatic carboxylic acids is 1. The van der Waals surface area contributed by atoms with Gasteiger partial charge in [-0.3, -0.25) is 0 Å². The predicted octanol–water partition coefficient (Wildman–Crippen LogP) is 1.15. The first kappa shape index (κ1) is 14.1. The Morgan fingerprint density at radius 3 is 2.48 bits per heavy atom. The van der Waals surface area contributed by atoms with Gasteiger partial charge in [-0.2, -0.15) is 0 Å². The number of furan rings is 1. The quantitative estimate of drug-likeness (QED) is 0.921. The fourth-order valence-corrected chi connectivity index (χ4v) is 3.27. The van der Waals surface area contributed by atoms with E-state index in [0.717, 1.165) is 24.0 Å². The molecule has 0 unspecified atom stereocenters. The van der Waals surface area contributed by atoms with Crippen LogP contribution in [0, 0.1) is 0 Å². The minimum atomic E-state index is -1.22. The molecule has 0 bridgehead atoms. The fourth-order valence-electron chi connectivity index (χ4n) is 3.27. The van der Waals surface area contributed by atoms with Crippen molar-refractivity contribution >= 4 is 16.9 Å². The summed E-state index contributed by atoms with van der Waals surface area (Å²) in [5, 5.41) is 12.3. The van der Waals surface area contributed by atoms with Gasteiger partial charge in [-0.25, -0.2) is 0 Å². The van der Waals surface area contributed by atoms with Crippen molar-refractivity contribution in [3.63, 3.8) is 0 Å². The van der Waals surface area contributed by atoms with E-state index in [1.807, 2.05) is 24.3 Å². The molecule has 0 saturated carbocycles. The van der Waals surface area contributed by atoms with Crippen molar-refractivity contribution in [3.8, 4) is 0 Å². The maximum Gasteiger partial charge on any atom is 0.159 e. The molecule has 1 aliphatic rings. The number of rotatable bonds is 3. The first-order chi connectivity index (χ1) is 10.3. The molecule has 112 valence electrons. The van der Waals surface area contributed by atoms with Crippen molar-refractivity contribution in [3.05, 3.63) is 35.6 Å². The molecule has 4 nitrogen and oxygen atoms in total. The summed E-state index contributed by atoms with van der Waals surface area (Å²) < 4.78 is 5.48. The molecular weight excluding hydrogens is 266 g/mol. The van der Waals surface area contributed by atoms with Crippen molar-refractivity contribution in [1.29, 1.82) is 0 Å². The van der Waals surface area contributed by atoms with Gasteiger partial charge in [-0.1, -0.05) is 24.6 Å². The Labute approximate surface area is 124 Å². The third-order valence-corrected chi connectivity index (χ3v) is 4.37. The van der Waals surface area contributed by atoms with Crippen LogP contribution in [0.5, 0.6) is 0 Å². The van der Waals surface area contributed by atoms with Gasteiger partial charge in [0.1, 0.15) is 18.1 Å². The Kier molecular flexibility index (Phi) is 4.25. The molecule has 4 heteroatoms. The summed E-state index contributed by atoms with van der Waals surface area (Å²) in [4.78, 5) is 12.8. The highest BCUT2D eigenvalue weighted by molar-refractivity contribution is 5.93. The SMILES string of the molecule is O=C([O-])c1oc2ccccc2c1C[NH+]1CCCCCCC1. The van der Waals surface area contributed by atoms with Crippen molar-refractivity contribution in [2.75, 3.05) is 13.1 Å². The number of carbonyl (C=O) groups is 1. The molecule has 21 heavy (non-hydrogen) atoms. The highest BCUT2D eigenvalue weighted by Crippen LogP contribution is 2.25. The van der Waals surface area contributed by atoms with E-state index >= 15 is 0 Å². The normalized spacial score (nSPS) is 17.5. The molecule has 1 aromatic carbocycles. The molecule has 1 N–H and O–H groups in total. The predicted molar refractivity (Wildman–Crippen MR) is 78.0 cm³/mol. The summed E-state index contributed by atoms with van der Waals surface area (Å²) in [7, 11) is 0. The lowest BCUT2D eigenvalue weighted by Crippen LogP contribution is -3.10. The van der Waals surface area contributed by atoms with Crippen molar-refractivity contribution < 1.29 is 19.2 Å². The summed E-state index contributed by atoms with van der Waals surface area (Å²) in [6.45, 7) is 2.91. The summed E-state index contributed by atoms with van der Waals surface area (Å²) in [5.41, 5.74) is 1.43. The lowest BCUT2D eigenvalue weighted by Gasteiger charge is -2.22. The van der Waals surface area contributed by atoms with Gasteiger partial charge < -0.3 is 19.2 Å². The first-order valence-corrected chi connectivity index (χ1v) is 7.81. The van der Waals surface area contributed by atoms with Crippen LogP contribution < -0.4 is 10.0 Å². The van der Waals surface area contributed by atoms with Crippen LogP contribution in [-0.4, -0.2) is 19.1 Å². The number of quaternary nitrogens is 1. The van der Waals surface area contributed by atoms with E-state index in [4.69, 9.17) is 4.42 Å². The monoisotopic (exact) mass is 287 g/mol. The zero-order valence-corrected chi connectivity index (χ0v) is 12.2. The summed E-state index contributed by atoms with van der Waals surface area (Å²) in [6.07, 6.45) is 6.32. The largest absolute Gasteiger partial charge is 0.542 e. The van der Waals surface area contributed by atoms with E-state index < -0.39 is 5.97 Å². The molecule has 1 aromatic heterocycles.